The molecule has 1 saturated carbocycles. The van der Waals surface area contributed by atoms with Gasteiger partial charge in [-0.1, -0.05) is 17.4 Å². The molecule has 1 aliphatic carbocycles. The molecule has 4 rings (SSSR count). The summed E-state index contributed by atoms with van der Waals surface area (Å²) in [6.07, 6.45) is 8.01. The van der Waals surface area contributed by atoms with E-state index in [0.29, 0.717) is 22.4 Å². The van der Waals surface area contributed by atoms with Gasteiger partial charge in [-0.2, -0.15) is 0 Å². The molecule has 1 saturated heterocycles. The first-order chi connectivity index (χ1) is 14.8. The summed E-state index contributed by atoms with van der Waals surface area (Å²) in [4.78, 5) is 14.7. The van der Waals surface area contributed by atoms with Crippen LogP contribution in [0.1, 0.15) is 54.4 Å². The van der Waals surface area contributed by atoms with E-state index in [-0.39, 0.29) is 13.2 Å². The van der Waals surface area contributed by atoms with Crippen LogP contribution in [0.4, 0.5) is 5.13 Å². The summed E-state index contributed by atoms with van der Waals surface area (Å²) in [5, 5.41) is 23.7. The molecule has 31 heavy (non-hydrogen) atoms. The molecule has 0 radical (unpaired) electrons. The van der Waals surface area contributed by atoms with Crippen molar-refractivity contribution in [1.29, 1.82) is 0 Å². The number of benzene rings is 1. The van der Waals surface area contributed by atoms with Crippen molar-refractivity contribution >= 4 is 22.4 Å². The van der Waals surface area contributed by atoms with E-state index in [1.807, 2.05) is 18.7 Å². The molecule has 0 N–H and O–H groups in total. The van der Waals surface area contributed by atoms with Crippen LogP contribution in [0.2, 0.25) is 0 Å². The van der Waals surface area contributed by atoms with E-state index in [9.17, 15) is 10.0 Å². The van der Waals surface area contributed by atoms with Crippen LogP contribution in [0, 0.1) is 17.6 Å². The number of carbonyl (C=O) groups is 1. The number of quaternary nitrogens is 1. The van der Waals surface area contributed by atoms with Crippen LogP contribution in [0.15, 0.2) is 24.3 Å². The average Bonchev–Trinajstić information content (AvgIpc) is 3.33. The third-order valence-electron chi connectivity index (χ3n) is 6.14. The van der Waals surface area contributed by atoms with Gasteiger partial charge in [-0.05, 0) is 62.3 Å². The van der Waals surface area contributed by atoms with Crippen molar-refractivity contribution in [3.63, 3.8) is 0 Å². The van der Waals surface area contributed by atoms with Crippen molar-refractivity contribution in [3.05, 3.63) is 40.0 Å². The lowest BCUT2D eigenvalue weighted by atomic mass is 9.86. The largest absolute Gasteiger partial charge is 0.622 e. The molecule has 2 atom stereocenters. The zero-order chi connectivity index (χ0) is 22.2. The Morgan fingerprint density at radius 2 is 2.03 bits per heavy atom. The molecule has 2 heterocycles. The van der Waals surface area contributed by atoms with Crippen LogP contribution in [0.25, 0.3) is 0 Å². The van der Waals surface area contributed by atoms with Gasteiger partial charge in [0.1, 0.15) is 17.4 Å². The van der Waals surface area contributed by atoms with E-state index in [1.165, 1.54) is 17.8 Å². The number of hydrogen-bond donors (Lipinski definition) is 0. The second kappa shape index (κ2) is 8.20. The van der Waals surface area contributed by atoms with Gasteiger partial charge in [0.2, 0.25) is 0 Å². The fraction of sp³-hybridized carbons (Fsp3) is 0.500. The second-order valence-electron chi connectivity index (χ2n) is 8.50. The molecule has 2 fully saturated rings. The minimum atomic E-state index is -0.996. The predicted octanol–water partition coefficient (Wildman–Crippen LogP) is 3.49. The normalized spacial score (nSPS) is 24.4. The zero-order valence-corrected chi connectivity index (χ0v) is 18.7. The summed E-state index contributed by atoms with van der Waals surface area (Å²) in [5.74, 6) is 3.15. The standard InChI is InChI=1S/C22H26N4O4S/c1-5-22(2,3)25-13-18(30-20(27)16-9-11-17(29-4)12-10-16)26(28,14-25)21-24-23-19(31-21)15-7-6-8-15/h1,9-12,15,18H,6-8,13-14H2,2-4H3. The maximum absolute atomic E-state index is 14.1. The van der Waals surface area contributed by atoms with Crippen molar-refractivity contribution in [3.8, 4) is 18.1 Å². The number of hydrogen-bond acceptors (Lipinski definition) is 8. The number of ether oxygens (including phenoxy) is 2. The third-order valence-corrected chi connectivity index (χ3v) is 7.34. The van der Waals surface area contributed by atoms with Gasteiger partial charge in [0, 0.05) is 5.92 Å². The van der Waals surface area contributed by atoms with Crippen LogP contribution in [0.3, 0.4) is 0 Å². The molecular formula is C22H26N4O4S. The Bertz CT molecular complexity index is 996. The van der Waals surface area contributed by atoms with E-state index in [1.54, 1.807) is 31.4 Å². The molecule has 0 spiro atoms. The first-order valence-electron chi connectivity index (χ1n) is 10.3. The quantitative estimate of drug-likeness (QED) is 0.293. The van der Waals surface area contributed by atoms with Gasteiger partial charge in [-0.3, -0.25) is 4.65 Å². The molecule has 0 amide bonds. The third kappa shape index (κ3) is 4.04. The summed E-state index contributed by atoms with van der Waals surface area (Å²) in [5.41, 5.74) is -0.328. The van der Waals surface area contributed by atoms with Crippen LogP contribution < -0.4 is 9.38 Å². The highest BCUT2D eigenvalue weighted by Gasteiger charge is 2.50. The molecule has 1 aliphatic heterocycles. The van der Waals surface area contributed by atoms with E-state index < -0.39 is 22.4 Å². The summed E-state index contributed by atoms with van der Waals surface area (Å²) in [6, 6.07) is 6.57. The van der Waals surface area contributed by atoms with E-state index in [4.69, 9.17) is 15.9 Å². The minimum absolute atomic E-state index is 0.0387. The van der Waals surface area contributed by atoms with Crippen molar-refractivity contribution in [2.75, 3.05) is 20.3 Å². The van der Waals surface area contributed by atoms with Gasteiger partial charge in [0.05, 0.1) is 24.8 Å². The number of methoxy groups -OCH3 is 1. The van der Waals surface area contributed by atoms with Crippen molar-refractivity contribution in [1.82, 2.24) is 19.7 Å². The fourth-order valence-electron chi connectivity index (χ4n) is 3.64. The first kappa shape index (κ1) is 21.7. The molecule has 1 aromatic heterocycles. The molecule has 2 aromatic rings. The Hall–Kier alpha value is -2.51. The van der Waals surface area contributed by atoms with Gasteiger partial charge in [0.25, 0.3) is 6.23 Å². The summed E-state index contributed by atoms with van der Waals surface area (Å²) >= 11 is 1.32. The lowest BCUT2D eigenvalue weighted by Gasteiger charge is -2.39. The lowest BCUT2D eigenvalue weighted by molar-refractivity contribution is 0.00520. The smallest absolute Gasteiger partial charge is 0.342 e. The Balaban J connectivity index is 1.61. The van der Waals surface area contributed by atoms with Gasteiger partial charge in [0.15, 0.2) is 0 Å². The Labute approximate surface area is 185 Å². The highest BCUT2D eigenvalue weighted by atomic mass is 32.1. The van der Waals surface area contributed by atoms with Gasteiger partial charge in [-0.15, -0.1) is 11.5 Å². The fourth-order valence-corrected chi connectivity index (χ4v) is 4.73. The van der Waals surface area contributed by atoms with Gasteiger partial charge >= 0.3 is 11.1 Å². The van der Waals surface area contributed by atoms with E-state index >= 15 is 0 Å². The van der Waals surface area contributed by atoms with Crippen molar-refractivity contribution < 1.29 is 14.3 Å². The topological polar surface area (TPSA) is 87.6 Å². The summed E-state index contributed by atoms with van der Waals surface area (Å²) in [6.45, 7) is 3.98. The average molecular weight is 443 g/mol. The summed E-state index contributed by atoms with van der Waals surface area (Å²) in [7, 11) is 1.55. The molecule has 2 unspecified atom stereocenters. The zero-order valence-electron chi connectivity index (χ0n) is 17.9. The number of rotatable bonds is 6. The van der Waals surface area contributed by atoms with Crippen LogP contribution in [-0.4, -0.2) is 53.2 Å². The molecular weight excluding hydrogens is 416 g/mol. The maximum atomic E-state index is 14.1. The number of nitrogens with zero attached hydrogens (tertiary/aromatic N) is 4. The highest BCUT2D eigenvalue weighted by molar-refractivity contribution is 7.15. The monoisotopic (exact) mass is 442 g/mol. The molecule has 164 valence electrons. The Morgan fingerprint density at radius 3 is 2.61 bits per heavy atom. The van der Waals surface area contributed by atoms with Gasteiger partial charge < -0.3 is 14.7 Å². The number of esters is 1. The summed E-state index contributed by atoms with van der Waals surface area (Å²) < 4.78 is 9.95. The molecule has 8 nitrogen and oxygen atoms in total. The SMILES string of the molecule is C#CC(C)(C)N1CC(OC(=O)c2ccc(OC)cc2)[N+]([O-])(c2nnc(C3CCC3)s2)C1. The van der Waals surface area contributed by atoms with Crippen LogP contribution in [0.5, 0.6) is 5.75 Å². The van der Waals surface area contributed by atoms with Crippen LogP contribution >= 0.6 is 11.3 Å². The van der Waals surface area contributed by atoms with E-state index in [2.05, 4.69) is 16.1 Å². The minimum Gasteiger partial charge on any atom is -0.622 e. The number of carbonyl (C=O) groups excluding carboxylic acids is 1. The Kier molecular flexibility index (Phi) is 5.75. The highest BCUT2D eigenvalue weighted by Crippen LogP contribution is 2.42. The predicted molar refractivity (Wildman–Crippen MR) is 118 cm³/mol. The molecule has 2 aliphatic rings. The Morgan fingerprint density at radius 1 is 1.32 bits per heavy atom. The molecule has 0 bridgehead atoms. The number of hydroxylamine groups is 2. The second-order valence-corrected chi connectivity index (χ2v) is 9.49. The van der Waals surface area contributed by atoms with Gasteiger partial charge in [-0.25, -0.2) is 9.69 Å². The van der Waals surface area contributed by atoms with Crippen molar-refractivity contribution in [2.45, 2.75) is 50.8 Å². The molecule has 1 aromatic carbocycles. The van der Waals surface area contributed by atoms with Crippen LogP contribution in [-0.2, 0) is 4.74 Å². The molecule has 9 heteroatoms. The lowest BCUT2D eigenvalue weighted by Crippen LogP contribution is -2.51. The number of terminal acetylenes is 1. The van der Waals surface area contributed by atoms with Crippen molar-refractivity contribution in [2.24, 2.45) is 0 Å². The number of aromatic nitrogens is 2. The first-order valence-corrected chi connectivity index (χ1v) is 11.1. The maximum Gasteiger partial charge on any atom is 0.342 e. The van der Waals surface area contributed by atoms with E-state index in [0.717, 1.165) is 17.8 Å².